The first kappa shape index (κ1) is 14.3. The Morgan fingerprint density at radius 2 is 2.32 bits per heavy atom. The molecule has 1 aliphatic rings. The second-order valence-electron chi connectivity index (χ2n) is 4.90. The highest BCUT2D eigenvalue weighted by atomic mass is 35.7. The van der Waals surface area contributed by atoms with Gasteiger partial charge in [-0.1, -0.05) is 0 Å². The van der Waals surface area contributed by atoms with Crippen LogP contribution in [0.1, 0.15) is 13.3 Å². The molecule has 8 heteroatoms. The number of carbonyl (C=O) groups excluding carboxylic acids is 1. The molecule has 0 aromatic carbocycles. The average molecular weight is 306 g/mol. The van der Waals surface area contributed by atoms with Gasteiger partial charge in [0.25, 0.3) is 0 Å². The lowest BCUT2D eigenvalue weighted by Gasteiger charge is -2.24. The lowest BCUT2D eigenvalue weighted by Crippen LogP contribution is -2.37. The highest BCUT2D eigenvalue weighted by molar-refractivity contribution is 8.13. The predicted octanol–water partition coefficient (Wildman–Crippen LogP) is 0.689. The van der Waals surface area contributed by atoms with Gasteiger partial charge in [-0.25, -0.2) is 8.42 Å². The van der Waals surface area contributed by atoms with E-state index in [0.717, 1.165) is 0 Å². The summed E-state index contributed by atoms with van der Waals surface area (Å²) in [4.78, 5) is 13.6. The summed E-state index contributed by atoms with van der Waals surface area (Å²) in [6, 6.07) is 1.80. The van der Waals surface area contributed by atoms with Crippen LogP contribution in [0.15, 0.2) is 18.5 Å². The maximum absolute atomic E-state index is 11.9. The molecule has 106 valence electrons. The molecule has 1 fully saturated rings. The Kier molecular flexibility index (Phi) is 4.15. The van der Waals surface area contributed by atoms with Crippen molar-refractivity contribution in [1.82, 2.24) is 14.7 Å². The smallest absolute Gasteiger partial charge is 0.232 e. The minimum atomic E-state index is -3.55. The number of hydrogen-bond acceptors (Lipinski definition) is 4. The quantitative estimate of drug-likeness (QED) is 0.750. The summed E-state index contributed by atoms with van der Waals surface area (Å²) in [7, 11) is 1.68. The predicted molar refractivity (Wildman–Crippen MR) is 71.1 cm³/mol. The fourth-order valence-electron chi connectivity index (χ4n) is 2.41. The average Bonchev–Trinajstić information content (AvgIpc) is 2.85. The molecule has 2 heterocycles. The maximum Gasteiger partial charge on any atom is 0.232 e. The van der Waals surface area contributed by atoms with Gasteiger partial charge >= 0.3 is 0 Å². The summed E-state index contributed by atoms with van der Waals surface area (Å²) in [5.41, 5.74) is 0. The Labute approximate surface area is 116 Å². The van der Waals surface area contributed by atoms with E-state index >= 15 is 0 Å². The maximum atomic E-state index is 11.9. The fraction of sp³-hybridized carbons (Fsp3) is 0.636. The summed E-state index contributed by atoms with van der Waals surface area (Å²) in [5.74, 6) is -0.384. The van der Waals surface area contributed by atoms with Crippen molar-refractivity contribution in [3.63, 3.8) is 0 Å². The van der Waals surface area contributed by atoms with Crippen molar-refractivity contribution >= 4 is 25.6 Å². The van der Waals surface area contributed by atoms with Crippen LogP contribution in [0, 0.1) is 5.92 Å². The molecule has 1 aliphatic heterocycles. The normalized spacial score (nSPS) is 21.9. The number of carbonyl (C=O) groups is 1. The van der Waals surface area contributed by atoms with Crippen LogP contribution in [-0.4, -0.2) is 47.3 Å². The summed E-state index contributed by atoms with van der Waals surface area (Å²) in [6.45, 7) is 2.96. The van der Waals surface area contributed by atoms with Crippen molar-refractivity contribution in [3.8, 4) is 0 Å². The molecule has 6 nitrogen and oxygen atoms in total. The lowest BCUT2D eigenvalue weighted by atomic mass is 10.1. The number of halogens is 1. The van der Waals surface area contributed by atoms with Crippen molar-refractivity contribution in [3.05, 3.63) is 18.5 Å². The fourth-order valence-corrected chi connectivity index (χ4v) is 3.73. The largest absolute Gasteiger partial charge is 0.338 e. The Hall–Kier alpha value is -1.08. The third-order valence-corrected chi connectivity index (χ3v) is 4.46. The first-order chi connectivity index (χ1) is 8.85. The van der Waals surface area contributed by atoms with E-state index in [1.54, 1.807) is 15.8 Å². The number of aromatic nitrogens is 2. The van der Waals surface area contributed by atoms with Crippen molar-refractivity contribution in [2.45, 2.75) is 25.9 Å². The van der Waals surface area contributed by atoms with Crippen molar-refractivity contribution < 1.29 is 13.2 Å². The van der Waals surface area contributed by atoms with Crippen molar-refractivity contribution in [2.24, 2.45) is 5.92 Å². The first-order valence-electron chi connectivity index (χ1n) is 6.04. The molecular formula is C11H16ClN3O3S. The Bertz CT molecular complexity index is 544. The molecule has 1 saturated heterocycles. The Morgan fingerprint density at radius 1 is 1.58 bits per heavy atom. The van der Waals surface area contributed by atoms with Crippen LogP contribution in [0.3, 0.4) is 0 Å². The minimum absolute atomic E-state index is 0.0181. The van der Waals surface area contributed by atoms with E-state index in [1.807, 2.05) is 19.2 Å². The number of rotatable bonds is 5. The highest BCUT2D eigenvalue weighted by Gasteiger charge is 2.34. The molecule has 0 aliphatic carbocycles. The molecule has 0 N–H and O–H groups in total. The second kappa shape index (κ2) is 5.50. The van der Waals surface area contributed by atoms with Crippen LogP contribution in [-0.2, 0) is 20.4 Å². The zero-order valence-corrected chi connectivity index (χ0v) is 12.1. The molecule has 2 unspecified atom stereocenters. The van der Waals surface area contributed by atoms with E-state index in [1.165, 1.54) is 0 Å². The second-order valence-corrected chi connectivity index (χ2v) is 7.72. The van der Waals surface area contributed by atoms with Crippen LogP contribution >= 0.6 is 10.7 Å². The van der Waals surface area contributed by atoms with Crippen molar-refractivity contribution in [1.29, 1.82) is 0 Å². The molecule has 0 saturated carbocycles. The standard InChI is InChI=1S/C11H16ClN3O3S/c1-9(6-14-4-2-3-13-14)15-7-10(5-11(15)16)8-19(12,17)18/h2-4,9-10H,5-8H2,1H3. The summed E-state index contributed by atoms with van der Waals surface area (Å²) in [5, 5.41) is 4.09. The molecule has 1 amide bonds. The molecule has 19 heavy (non-hydrogen) atoms. The van der Waals surface area contributed by atoms with Gasteiger partial charge in [-0.2, -0.15) is 5.10 Å². The van der Waals surface area contributed by atoms with E-state index in [9.17, 15) is 13.2 Å². The van der Waals surface area contributed by atoms with Crippen LogP contribution in [0.5, 0.6) is 0 Å². The van der Waals surface area contributed by atoms with Gasteiger partial charge in [-0.05, 0) is 13.0 Å². The molecular weight excluding hydrogens is 290 g/mol. The lowest BCUT2D eigenvalue weighted by molar-refractivity contribution is -0.129. The zero-order chi connectivity index (χ0) is 14.0. The van der Waals surface area contributed by atoms with Gasteiger partial charge in [-0.3, -0.25) is 9.48 Å². The third-order valence-electron chi connectivity index (χ3n) is 3.22. The molecule has 2 atom stereocenters. The summed E-state index contributed by atoms with van der Waals surface area (Å²) >= 11 is 0. The number of amides is 1. The highest BCUT2D eigenvalue weighted by Crippen LogP contribution is 2.23. The van der Waals surface area contributed by atoms with Gasteiger partial charge in [0.15, 0.2) is 0 Å². The molecule has 0 bridgehead atoms. The monoisotopic (exact) mass is 305 g/mol. The van der Waals surface area contributed by atoms with Gasteiger partial charge in [-0.15, -0.1) is 0 Å². The minimum Gasteiger partial charge on any atom is -0.338 e. The van der Waals surface area contributed by atoms with Crippen molar-refractivity contribution in [2.75, 3.05) is 12.3 Å². The summed E-state index contributed by atoms with van der Waals surface area (Å²) in [6.07, 6.45) is 3.76. The van der Waals surface area contributed by atoms with E-state index in [2.05, 4.69) is 5.10 Å². The molecule has 1 aromatic rings. The van der Waals surface area contributed by atoms with E-state index in [4.69, 9.17) is 10.7 Å². The SMILES string of the molecule is CC(Cn1cccn1)N1CC(CS(=O)(=O)Cl)CC1=O. The van der Waals surface area contributed by atoms with E-state index < -0.39 is 9.05 Å². The molecule has 0 spiro atoms. The Balaban J connectivity index is 1.96. The van der Waals surface area contributed by atoms with Crippen LogP contribution < -0.4 is 0 Å². The number of likely N-dealkylation sites (tertiary alicyclic amines) is 1. The third kappa shape index (κ3) is 3.94. The Morgan fingerprint density at radius 3 is 2.89 bits per heavy atom. The zero-order valence-electron chi connectivity index (χ0n) is 10.6. The van der Waals surface area contributed by atoms with Crippen LogP contribution in [0.25, 0.3) is 0 Å². The summed E-state index contributed by atoms with van der Waals surface area (Å²) < 4.78 is 23.8. The van der Waals surface area contributed by atoms with Crippen LogP contribution in [0.2, 0.25) is 0 Å². The molecule has 1 aromatic heterocycles. The van der Waals surface area contributed by atoms with Gasteiger partial charge in [0.2, 0.25) is 15.0 Å². The van der Waals surface area contributed by atoms with E-state index in [0.29, 0.717) is 13.1 Å². The van der Waals surface area contributed by atoms with Gasteiger partial charge in [0, 0.05) is 48.0 Å². The van der Waals surface area contributed by atoms with Gasteiger partial charge in [0.05, 0.1) is 12.3 Å². The topological polar surface area (TPSA) is 72.3 Å². The first-order valence-corrected chi connectivity index (χ1v) is 8.52. The van der Waals surface area contributed by atoms with Gasteiger partial charge in [0.1, 0.15) is 0 Å². The molecule has 0 radical (unpaired) electrons. The van der Waals surface area contributed by atoms with Gasteiger partial charge < -0.3 is 4.90 Å². The van der Waals surface area contributed by atoms with Crippen LogP contribution in [0.4, 0.5) is 0 Å². The van der Waals surface area contributed by atoms with E-state index in [-0.39, 0.29) is 30.0 Å². The number of nitrogens with zero attached hydrogens (tertiary/aromatic N) is 3. The molecule has 2 rings (SSSR count). The number of hydrogen-bond donors (Lipinski definition) is 0.